The van der Waals surface area contributed by atoms with Crippen molar-refractivity contribution in [3.05, 3.63) is 64.2 Å². The molecule has 2 aromatic heterocycles. The molecule has 1 amide bonds. The Morgan fingerprint density at radius 1 is 1.06 bits per heavy atom. The third-order valence-electron chi connectivity index (χ3n) is 5.19. The second-order valence-corrected chi connectivity index (χ2v) is 7.34. The molecule has 6 nitrogen and oxygen atoms in total. The average molecular weight is 437 g/mol. The molecule has 2 heterocycles. The number of amides is 1. The van der Waals surface area contributed by atoms with E-state index in [0.717, 1.165) is 11.1 Å². The molecule has 3 aromatic rings. The van der Waals surface area contributed by atoms with Crippen molar-refractivity contribution in [1.82, 2.24) is 19.6 Å². The Kier molecular flexibility index (Phi) is 6.47. The Balaban J connectivity index is 1.84. The lowest BCUT2D eigenvalue weighted by Gasteiger charge is -2.16. The summed E-state index contributed by atoms with van der Waals surface area (Å²) in [5.74, 6) is -0.660. The largest absolute Gasteiger partial charge is 0.321 e. The van der Waals surface area contributed by atoms with E-state index in [1.54, 1.807) is 18.5 Å². The van der Waals surface area contributed by atoms with Crippen molar-refractivity contribution in [3.63, 3.8) is 0 Å². The Hall–Kier alpha value is -3.17. The molecule has 1 N–H and O–H groups in total. The van der Waals surface area contributed by atoms with E-state index in [2.05, 4.69) is 15.5 Å². The Morgan fingerprint density at radius 3 is 2.35 bits per heavy atom. The van der Waals surface area contributed by atoms with Crippen LogP contribution in [0.2, 0.25) is 0 Å². The monoisotopic (exact) mass is 437 g/mol. The molecule has 1 atom stereocenters. The fraction of sp³-hybridized carbons (Fsp3) is 0.381. The zero-order chi connectivity index (χ0) is 22.9. The lowest BCUT2D eigenvalue weighted by molar-refractivity contribution is -0.119. The van der Waals surface area contributed by atoms with Gasteiger partial charge in [-0.2, -0.15) is 10.2 Å². The molecule has 1 aromatic carbocycles. The third-order valence-corrected chi connectivity index (χ3v) is 5.19. The van der Waals surface area contributed by atoms with Crippen LogP contribution in [0.15, 0.2) is 30.3 Å². The number of aryl methyl sites for hydroxylation is 2. The minimum atomic E-state index is -3.05. The summed E-state index contributed by atoms with van der Waals surface area (Å²) in [6.07, 6.45) is -6.06. The first kappa shape index (κ1) is 22.5. The molecule has 31 heavy (non-hydrogen) atoms. The predicted molar refractivity (Wildman–Crippen MR) is 107 cm³/mol. The van der Waals surface area contributed by atoms with Crippen LogP contribution < -0.4 is 5.32 Å². The van der Waals surface area contributed by atoms with Crippen LogP contribution >= 0.6 is 0 Å². The van der Waals surface area contributed by atoms with E-state index in [1.807, 2.05) is 31.2 Å². The van der Waals surface area contributed by atoms with E-state index in [-0.39, 0.29) is 0 Å². The van der Waals surface area contributed by atoms with E-state index in [0.29, 0.717) is 34.4 Å². The van der Waals surface area contributed by atoms with Crippen LogP contribution in [0.3, 0.4) is 0 Å². The first-order chi connectivity index (χ1) is 14.6. The van der Waals surface area contributed by atoms with Gasteiger partial charge in [-0.15, -0.1) is 0 Å². The standard InChI is InChI=1S/C21H23F4N5O/c1-11-7-5-6-8-15(11)10-29-13(3)18(12(2)27-29)26-21(31)14(4)30-17(20(24)25)9-16(28-30)19(22)23/h5-9,14,19-20H,10H2,1-4H3,(H,26,31). The second-order valence-electron chi connectivity index (χ2n) is 7.34. The van der Waals surface area contributed by atoms with Gasteiger partial charge in [-0.05, 0) is 44.9 Å². The van der Waals surface area contributed by atoms with Gasteiger partial charge in [-0.25, -0.2) is 17.6 Å². The highest BCUT2D eigenvalue weighted by molar-refractivity contribution is 5.94. The molecule has 0 bridgehead atoms. The van der Waals surface area contributed by atoms with Gasteiger partial charge in [0, 0.05) is 0 Å². The fourth-order valence-electron chi connectivity index (χ4n) is 3.33. The quantitative estimate of drug-likeness (QED) is 0.522. The number of hydrogen-bond donors (Lipinski definition) is 1. The molecule has 0 aliphatic heterocycles. The summed E-state index contributed by atoms with van der Waals surface area (Å²) in [4.78, 5) is 12.8. The zero-order valence-electron chi connectivity index (χ0n) is 17.5. The molecular formula is C21H23F4N5O. The summed E-state index contributed by atoms with van der Waals surface area (Å²) in [5, 5.41) is 10.7. The molecule has 10 heteroatoms. The SMILES string of the molecule is Cc1ccccc1Cn1nc(C)c(NC(=O)C(C)n2nc(C(F)F)cc2C(F)F)c1C. The number of benzene rings is 1. The van der Waals surface area contributed by atoms with E-state index >= 15 is 0 Å². The number of carbonyl (C=O) groups excluding carboxylic acids is 1. The van der Waals surface area contributed by atoms with Gasteiger partial charge in [-0.1, -0.05) is 24.3 Å². The van der Waals surface area contributed by atoms with Crippen molar-refractivity contribution < 1.29 is 22.4 Å². The number of nitrogens with zero attached hydrogens (tertiary/aromatic N) is 4. The van der Waals surface area contributed by atoms with Gasteiger partial charge in [0.2, 0.25) is 5.91 Å². The Morgan fingerprint density at radius 2 is 1.74 bits per heavy atom. The predicted octanol–water partition coefficient (Wildman–Crippen LogP) is 5.13. The van der Waals surface area contributed by atoms with Gasteiger partial charge >= 0.3 is 0 Å². The number of anilines is 1. The summed E-state index contributed by atoms with van der Waals surface area (Å²) in [5.41, 5.74) is 2.32. The summed E-state index contributed by atoms with van der Waals surface area (Å²) >= 11 is 0. The first-order valence-corrected chi connectivity index (χ1v) is 9.65. The highest BCUT2D eigenvalue weighted by Gasteiger charge is 2.28. The van der Waals surface area contributed by atoms with Gasteiger partial charge in [0.05, 0.1) is 23.6 Å². The molecule has 0 saturated heterocycles. The zero-order valence-corrected chi connectivity index (χ0v) is 17.5. The summed E-state index contributed by atoms with van der Waals surface area (Å²) in [6.45, 7) is 7.31. The number of aromatic nitrogens is 4. The van der Waals surface area contributed by atoms with E-state index < -0.39 is 36.2 Å². The molecular weight excluding hydrogens is 414 g/mol. The molecule has 0 aliphatic carbocycles. The minimum absolute atomic E-state index is 0.449. The molecule has 0 fully saturated rings. The van der Waals surface area contributed by atoms with Crippen molar-refractivity contribution in [2.75, 3.05) is 5.32 Å². The topological polar surface area (TPSA) is 64.7 Å². The maximum absolute atomic E-state index is 13.3. The summed E-state index contributed by atoms with van der Waals surface area (Å²) < 4.78 is 54.8. The van der Waals surface area contributed by atoms with Crippen LogP contribution in [-0.4, -0.2) is 25.5 Å². The molecule has 166 valence electrons. The highest BCUT2D eigenvalue weighted by Crippen LogP contribution is 2.28. The van der Waals surface area contributed by atoms with Gasteiger partial charge in [-0.3, -0.25) is 14.2 Å². The van der Waals surface area contributed by atoms with Gasteiger partial charge in [0.25, 0.3) is 12.9 Å². The molecule has 0 saturated carbocycles. The van der Waals surface area contributed by atoms with Crippen LogP contribution in [-0.2, 0) is 11.3 Å². The van der Waals surface area contributed by atoms with Crippen molar-refractivity contribution in [2.24, 2.45) is 0 Å². The molecule has 0 spiro atoms. The maximum Gasteiger partial charge on any atom is 0.282 e. The summed E-state index contributed by atoms with van der Waals surface area (Å²) in [7, 11) is 0. The summed E-state index contributed by atoms with van der Waals surface area (Å²) in [6, 6.07) is 7.23. The van der Waals surface area contributed by atoms with Crippen LogP contribution in [0.1, 0.15) is 59.7 Å². The molecule has 3 rings (SSSR count). The second kappa shape index (κ2) is 8.91. The number of halogens is 4. The first-order valence-electron chi connectivity index (χ1n) is 9.65. The number of nitrogens with one attached hydrogen (secondary N) is 1. The normalized spacial score (nSPS) is 12.6. The van der Waals surface area contributed by atoms with Crippen LogP contribution in [0.25, 0.3) is 0 Å². The highest BCUT2D eigenvalue weighted by atomic mass is 19.3. The maximum atomic E-state index is 13.3. The third kappa shape index (κ3) is 4.62. The van der Waals surface area contributed by atoms with Gasteiger partial charge < -0.3 is 5.32 Å². The number of hydrogen-bond acceptors (Lipinski definition) is 3. The average Bonchev–Trinajstić information content (AvgIpc) is 3.27. The molecule has 0 radical (unpaired) electrons. The Bertz CT molecular complexity index is 1090. The van der Waals surface area contributed by atoms with Crippen LogP contribution in [0.5, 0.6) is 0 Å². The number of alkyl halides is 4. The van der Waals surface area contributed by atoms with Crippen molar-refractivity contribution in [1.29, 1.82) is 0 Å². The lowest BCUT2D eigenvalue weighted by atomic mass is 10.1. The number of carbonyl (C=O) groups is 1. The van der Waals surface area contributed by atoms with Crippen molar-refractivity contribution in [3.8, 4) is 0 Å². The molecule has 1 unspecified atom stereocenters. The van der Waals surface area contributed by atoms with Gasteiger partial charge in [0.1, 0.15) is 17.4 Å². The van der Waals surface area contributed by atoms with Crippen molar-refractivity contribution >= 4 is 11.6 Å². The van der Waals surface area contributed by atoms with Crippen molar-refractivity contribution in [2.45, 2.75) is 53.1 Å². The van der Waals surface area contributed by atoms with Crippen LogP contribution in [0.4, 0.5) is 23.2 Å². The lowest BCUT2D eigenvalue weighted by Crippen LogP contribution is -2.26. The fourth-order valence-corrected chi connectivity index (χ4v) is 3.33. The van der Waals surface area contributed by atoms with Crippen LogP contribution in [0, 0.1) is 20.8 Å². The van der Waals surface area contributed by atoms with Gasteiger partial charge in [0.15, 0.2) is 0 Å². The minimum Gasteiger partial charge on any atom is -0.321 e. The van der Waals surface area contributed by atoms with E-state index in [9.17, 15) is 22.4 Å². The number of rotatable bonds is 7. The van der Waals surface area contributed by atoms with E-state index in [4.69, 9.17) is 0 Å². The smallest absolute Gasteiger partial charge is 0.282 e. The Labute approximate surface area is 176 Å². The van der Waals surface area contributed by atoms with E-state index in [1.165, 1.54) is 6.92 Å². The molecule has 0 aliphatic rings.